The van der Waals surface area contributed by atoms with Gasteiger partial charge in [-0.25, -0.2) is 9.97 Å². The lowest BCUT2D eigenvalue weighted by atomic mass is 10.3. The zero-order chi connectivity index (χ0) is 8.55. The second-order valence-corrected chi connectivity index (χ2v) is 3.94. The first-order chi connectivity index (χ1) is 5.79. The zero-order valence-corrected chi connectivity index (χ0v) is 9.13. The molecule has 0 aliphatic carbocycles. The fourth-order valence-corrected chi connectivity index (χ4v) is 1.70. The van der Waals surface area contributed by atoms with Gasteiger partial charge in [0.1, 0.15) is 0 Å². The van der Waals surface area contributed by atoms with Crippen LogP contribution < -0.4 is 0 Å². The Hall–Kier alpha value is -0.480. The van der Waals surface area contributed by atoms with Crippen molar-refractivity contribution >= 4 is 42.9 Å². The summed E-state index contributed by atoms with van der Waals surface area (Å²) in [6, 6.07) is 3.87. The van der Waals surface area contributed by atoms with E-state index >= 15 is 0 Å². The van der Waals surface area contributed by atoms with E-state index in [0.29, 0.717) is 0 Å². The molecule has 2 nitrogen and oxygen atoms in total. The molecular formula is C8H4Br2N2. The van der Waals surface area contributed by atoms with Crippen molar-refractivity contribution in [3.8, 4) is 0 Å². The van der Waals surface area contributed by atoms with Crippen LogP contribution in [-0.4, -0.2) is 9.97 Å². The molecule has 2 heterocycles. The third-order valence-electron chi connectivity index (χ3n) is 1.53. The SMILES string of the molecule is Brc1cnc2ncccc2c1Br. The van der Waals surface area contributed by atoms with Crippen molar-refractivity contribution in [1.29, 1.82) is 0 Å². The van der Waals surface area contributed by atoms with Gasteiger partial charge in [0, 0.05) is 22.3 Å². The molecule has 0 bridgehead atoms. The lowest BCUT2D eigenvalue weighted by Crippen LogP contribution is -1.83. The summed E-state index contributed by atoms with van der Waals surface area (Å²) in [5, 5.41) is 1.02. The van der Waals surface area contributed by atoms with E-state index in [0.717, 1.165) is 20.0 Å². The summed E-state index contributed by atoms with van der Waals surface area (Å²) in [5.41, 5.74) is 0.757. The van der Waals surface area contributed by atoms with Gasteiger partial charge in [0.05, 0.1) is 4.47 Å². The van der Waals surface area contributed by atoms with E-state index in [-0.39, 0.29) is 0 Å². The lowest BCUT2D eigenvalue weighted by Gasteiger charge is -1.99. The van der Waals surface area contributed by atoms with Crippen LogP contribution in [0.1, 0.15) is 0 Å². The Bertz CT molecular complexity index is 428. The molecule has 0 aromatic carbocycles. The largest absolute Gasteiger partial charge is 0.237 e. The minimum atomic E-state index is 0.757. The summed E-state index contributed by atoms with van der Waals surface area (Å²) < 4.78 is 1.95. The van der Waals surface area contributed by atoms with Crippen LogP contribution in [0.2, 0.25) is 0 Å². The molecule has 0 amide bonds. The van der Waals surface area contributed by atoms with Gasteiger partial charge in [-0.05, 0) is 44.0 Å². The highest BCUT2D eigenvalue weighted by molar-refractivity contribution is 9.13. The Morgan fingerprint density at radius 2 is 2.00 bits per heavy atom. The molecule has 0 saturated heterocycles. The Balaban J connectivity index is 2.91. The number of pyridine rings is 2. The summed E-state index contributed by atoms with van der Waals surface area (Å²) in [6.45, 7) is 0. The van der Waals surface area contributed by atoms with Crippen molar-refractivity contribution < 1.29 is 0 Å². The van der Waals surface area contributed by atoms with Crippen LogP contribution in [-0.2, 0) is 0 Å². The van der Waals surface area contributed by atoms with Crippen LogP contribution in [0.25, 0.3) is 11.0 Å². The van der Waals surface area contributed by atoms with E-state index in [1.807, 2.05) is 12.1 Å². The summed E-state index contributed by atoms with van der Waals surface area (Å²) in [6.07, 6.45) is 3.47. The van der Waals surface area contributed by atoms with Crippen molar-refractivity contribution in [2.75, 3.05) is 0 Å². The maximum Gasteiger partial charge on any atom is 0.160 e. The molecule has 0 atom stereocenters. The molecule has 0 spiro atoms. The molecule has 4 heteroatoms. The number of fused-ring (bicyclic) bond motifs is 1. The number of hydrogen-bond acceptors (Lipinski definition) is 2. The first-order valence-electron chi connectivity index (χ1n) is 3.34. The van der Waals surface area contributed by atoms with Crippen LogP contribution in [0.5, 0.6) is 0 Å². The summed E-state index contributed by atoms with van der Waals surface area (Å²) in [7, 11) is 0. The van der Waals surface area contributed by atoms with E-state index in [1.165, 1.54) is 0 Å². The quantitative estimate of drug-likeness (QED) is 0.744. The molecule has 0 aliphatic heterocycles. The van der Waals surface area contributed by atoms with Gasteiger partial charge >= 0.3 is 0 Å². The van der Waals surface area contributed by atoms with E-state index < -0.39 is 0 Å². The highest BCUT2D eigenvalue weighted by atomic mass is 79.9. The van der Waals surface area contributed by atoms with Gasteiger partial charge < -0.3 is 0 Å². The van der Waals surface area contributed by atoms with E-state index in [2.05, 4.69) is 41.8 Å². The lowest BCUT2D eigenvalue weighted by molar-refractivity contribution is 1.27. The molecule has 0 saturated carbocycles. The van der Waals surface area contributed by atoms with E-state index in [1.54, 1.807) is 12.4 Å². The number of hydrogen-bond donors (Lipinski definition) is 0. The van der Waals surface area contributed by atoms with Gasteiger partial charge in [-0.15, -0.1) is 0 Å². The molecule has 0 N–H and O–H groups in total. The topological polar surface area (TPSA) is 25.8 Å². The van der Waals surface area contributed by atoms with Crippen molar-refractivity contribution in [3.63, 3.8) is 0 Å². The van der Waals surface area contributed by atoms with Crippen LogP contribution >= 0.6 is 31.9 Å². The average molecular weight is 288 g/mol. The van der Waals surface area contributed by atoms with Gasteiger partial charge in [0.15, 0.2) is 5.65 Å². The fourth-order valence-electron chi connectivity index (χ4n) is 0.974. The number of rotatable bonds is 0. The predicted octanol–water partition coefficient (Wildman–Crippen LogP) is 3.15. The van der Waals surface area contributed by atoms with Crippen molar-refractivity contribution in [3.05, 3.63) is 33.5 Å². The highest BCUT2D eigenvalue weighted by Crippen LogP contribution is 2.28. The van der Waals surface area contributed by atoms with Gasteiger partial charge in [0.2, 0.25) is 0 Å². The van der Waals surface area contributed by atoms with Crippen molar-refractivity contribution in [2.45, 2.75) is 0 Å². The molecular weight excluding hydrogens is 284 g/mol. The number of aromatic nitrogens is 2. The molecule has 12 heavy (non-hydrogen) atoms. The molecule has 0 fully saturated rings. The summed E-state index contributed by atoms with van der Waals surface area (Å²) >= 11 is 6.83. The summed E-state index contributed by atoms with van der Waals surface area (Å²) in [5.74, 6) is 0. The molecule has 0 radical (unpaired) electrons. The second kappa shape index (κ2) is 3.11. The molecule has 2 aromatic heterocycles. The zero-order valence-electron chi connectivity index (χ0n) is 5.96. The van der Waals surface area contributed by atoms with Gasteiger partial charge in [-0.3, -0.25) is 0 Å². The Morgan fingerprint density at radius 1 is 1.17 bits per heavy atom. The Kier molecular flexibility index (Phi) is 2.11. The van der Waals surface area contributed by atoms with Gasteiger partial charge in [-0.1, -0.05) is 0 Å². The minimum absolute atomic E-state index is 0.757. The highest BCUT2D eigenvalue weighted by Gasteiger charge is 2.02. The number of nitrogens with zero attached hydrogens (tertiary/aromatic N) is 2. The van der Waals surface area contributed by atoms with Gasteiger partial charge in [0.25, 0.3) is 0 Å². The average Bonchev–Trinajstić information content (AvgIpc) is 2.12. The molecule has 2 aromatic rings. The van der Waals surface area contributed by atoms with Crippen molar-refractivity contribution in [1.82, 2.24) is 9.97 Å². The maximum absolute atomic E-state index is 4.15. The molecule has 0 aliphatic rings. The first kappa shape index (κ1) is 8.13. The first-order valence-corrected chi connectivity index (χ1v) is 4.92. The summed E-state index contributed by atoms with van der Waals surface area (Å²) in [4.78, 5) is 8.27. The predicted molar refractivity (Wildman–Crippen MR) is 54.9 cm³/mol. The standard InChI is InChI=1S/C8H4Br2N2/c9-6-4-12-8-5(7(6)10)2-1-3-11-8/h1-4H. The number of halogens is 2. The van der Waals surface area contributed by atoms with Crippen molar-refractivity contribution in [2.24, 2.45) is 0 Å². The third-order valence-corrected chi connectivity index (χ3v) is 3.52. The van der Waals surface area contributed by atoms with Crippen LogP contribution in [0.4, 0.5) is 0 Å². The van der Waals surface area contributed by atoms with E-state index in [9.17, 15) is 0 Å². The fraction of sp³-hybridized carbons (Fsp3) is 0. The normalized spacial score (nSPS) is 10.5. The smallest absolute Gasteiger partial charge is 0.160 e. The minimum Gasteiger partial charge on any atom is -0.237 e. The molecule has 2 rings (SSSR count). The second-order valence-electron chi connectivity index (χ2n) is 2.29. The van der Waals surface area contributed by atoms with Crippen LogP contribution in [0.3, 0.4) is 0 Å². The Morgan fingerprint density at radius 3 is 2.83 bits per heavy atom. The van der Waals surface area contributed by atoms with Crippen LogP contribution in [0.15, 0.2) is 33.5 Å². The Labute approximate surface area is 86.3 Å². The monoisotopic (exact) mass is 286 g/mol. The molecule has 60 valence electrons. The van der Waals surface area contributed by atoms with E-state index in [4.69, 9.17) is 0 Å². The molecule has 0 unspecified atom stereocenters. The van der Waals surface area contributed by atoms with Crippen LogP contribution in [0, 0.1) is 0 Å². The van der Waals surface area contributed by atoms with Gasteiger partial charge in [-0.2, -0.15) is 0 Å². The third kappa shape index (κ3) is 1.25. The maximum atomic E-state index is 4.15.